The minimum Gasteiger partial charge on any atom is -0.370 e. The van der Waals surface area contributed by atoms with Gasteiger partial charge in [0.1, 0.15) is 12.6 Å². The van der Waals surface area contributed by atoms with E-state index in [1.54, 1.807) is 6.92 Å². The Bertz CT molecular complexity index is 772. The van der Waals surface area contributed by atoms with E-state index in [4.69, 9.17) is 10.5 Å². The van der Waals surface area contributed by atoms with Crippen molar-refractivity contribution in [3.8, 4) is 0 Å². The molecule has 0 unspecified atom stereocenters. The molecule has 0 radical (unpaired) electrons. The molecule has 0 spiro atoms. The molecular formula is C17H22F3N5O4. The lowest BCUT2D eigenvalue weighted by molar-refractivity contribution is -0.137. The van der Waals surface area contributed by atoms with Crippen LogP contribution in [-0.4, -0.2) is 56.7 Å². The third-order valence-corrected chi connectivity index (χ3v) is 4.04. The Hall–Kier alpha value is -2.86. The molecule has 9 nitrogen and oxygen atoms in total. The van der Waals surface area contributed by atoms with Gasteiger partial charge in [-0.2, -0.15) is 13.2 Å². The Labute approximate surface area is 164 Å². The van der Waals surface area contributed by atoms with E-state index in [2.05, 4.69) is 16.0 Å². The molecule has 1 aromatic carbocycles. The van der Waals surface area contributed by atoms with Crippen molar-refractivity contribution in [3.05, 3.63) is 23.8 Å². The third-order valence-electron chi connectivity index (χ3n) is 4.04. The molecule has 29 heavy (non-hydrogen) atoms. The number of anilines is 2. The van der Waals surface area contributed by atoms with E-state index in [1.807, 2.05) is 0 Å². The number of carbonyl (C=O) groups excluding carboxylic acids is 3. The summed E-state index contributed by atoms with van der Waals surface area (Å²) in [5, 5.41) is 7.05. The highest BCUT2D eigenvalue weighted by atomic mass is 19.4. The van der Waals surface area contributed by atoms with Gasteiger partial charge < -0.3 is 31.3 Å². The highest BCUT2D eigenvalue weighted by Gasteiger charge is 2.37. The van der Waals surface area contributed by atoms with E-state index in [0.717, 1.165) is 17.0 Å². The normalized spacial score (nSPS) is 15.6. The van der Waals surface area contributed by atoms with Gasteiger partial charge in [-0.05, 0) is 25.1 Å². The van der Waals surface area contributed by atoms with Crippen molar-refractivity contribution in [2.24, 2.45) is 5.73 Å². The molecule has 160 valence electrons. The van der Waals surface area contributed by atoms with Crippen LogP contribution < -0.4 is 26.6 Å². The lowest BCUT2D eigenvalue weighted by atomic mass is 10.1. The maximum absolute atomic E-state index is 13.6. The smallest absolute Gasteiger partial charge is 0.370 e. The van der Waals surface area contributed by atoms with Gasteiger partial charge in [-0.15, -0.1) is 0 Å². The Morgan fingerprint density at radius 1 is 1.34 bits per heavy atom. The Balaban J connectivity index is 2.24. The fraction of sp³-hybridized carbons (Fsp3) is 0.471. The second-order valence-electron chi connectivity index (χ2n) is 6.11. The average molecular weight is 417 g/mol. The zero-order valence-electron chi connectivity index (χ0n) is 15.6. The van der Waals surface area contributed by atoms with Crippen molar-refractivity contribution >= 4 is 29.2 Å². The van der Waals surface area contributed by atoms with E-state index >= 15 is 0 Å². The number of nitrogens with one attached hydrogen (secondary N) is 3. The van der Waals surface area contributed by atoms with Crippen LogP contribution in [0.3, 0.4) is 0 Å². The van der Waals surface area contributed by atoms with Gasteiger partial charge in [0.2, 0.25) is 5.91 Å². The number of nitrogens with two attached hydrogens (primary N) is 1. The number of alkyl halides is 3. The number of carbonyl (C=O) groups is 3. The quantitative estimate of drug-likeness (QED) is 0.541. The molecule has 4 amide bonds. The lowest BCUT2D eigenvalue weighted by Gasteiger charge is -2.29. The first-order chi connectivity index (χ1) is 13.7. The molecule has 5 N–H and O–H groups in total. The van der Waals surface area contributed by atoms with Crippen LogP contribution in [0.1, 0.15) is 12.5 Å². The molecule has 0 bridgehead atoms. The maximum Gasteiger partial charge on any atom is 0.418 e. The van der Waals surface area contributed by atoms with Crippen LogP contribution in [0.2, 0.25) is 0 Å². The summed E-state index contributed by atoms with van der Waals surface area (Å²) >= 11 is 0. The number of benzene rings is 1. The zero-order chi connectivity index (χ0) is 21.6. The van der Waals surface area contributed by atoms with E-state index < -0.39 is 35.6 Å². The number of nitrogens with zero attached hydrogens (tertiary/aromatic N) is 1. The van der Waals surface area contributed by atoms with Gasteiger partial charge in [0, 0.05) is 25.3 Å². The molecule has 1 saturated heterocycles. The predicted octanol–water partition coefficient (Wildman–Crippen LogP) is 0.653. The van der Waals surface area contributed by atoms with Gasteiger partial charge in [0.25, 0.3) is 5.91 Å². The number of urea groups is 1. The van der Waals surface area contributed by atoms with Gasteiger partial charge in [0.05, 0.1) is 17.9 Å². The molecule has 1 fully saturated rings. The van der Waals surface area contributed by atoms with Gasteiger partial charge in [-0.1, -0.05) is 0 Å². The van der Waals surface area contributed by atoms with E-state index in [0.29, 0.717) is 6.54 Å². The topological polar surface area (TPSA) is 126 Å². The molecule has 0 aliphatic carbocycles. The van der Waals surface area contributed by atoms with Crippen molar-refractivity contribution in [1.29, 1.82) is 0 Å². The van der Waals surface area contributed by atoms with Gasteiger partial charge >= 0.3 is 12.2 Å². The fourth-order valence-electron chi connectivity index (χ4n) is 2.68. The Kier molecular flexibility index (Phi) is 7.40. The zero-order valence-corrected chi connectivity index (χ0v) is 15.6. The van der Waals surface area contributed by atoms with Crippen molar-refractivity contribution < 1.29 is 32.3 Å². The number of halogens is 3. The molecule has 1 atom stereocenters. The Morgan fingerprint density at radius 3 is 2.66 bits per heavy atom. The summed E-state index contributed by atoms with van der Waals surface area (Å²) in [6.45, 7) is 1.54. The number of hydrogen-bond donors (Lipinski definition) is 4. The van der Waals surface area contributed by atoms with Gasteiger partial charge in [-0.3, -0.25) is 9.59 Å². The van der Waals surface area contributed by atoms with Crippen LogP contribution in [0.15, 0.2) is 18.2 Å². The molecule has 1 aliphatic heterocycles. The first-order valence-electron chi connectivity index (χ1n) is 8.82. The largest absolute Gasteiger partial charge is 0.418 e. The van der Waals surface area contributed by atoms with Crippen LogP contribution in [0.25, 0.3) is 0 Å². The summed E-state index contributed by atoms with van der Waals surface area (Å²) < 4.78 is 45.6. The number of amides is 4. The molecular weight excluding hydrogens is 395 g/mol. The van der Waals surface area contributed by atoms with Crippen molar-refractivity contribution in [1.82, 2.24) is 10.6 Å². The summed E-state index contributed by atoms with van der Waals surface area (Å²) in [6.07, 6.45) is -4.76. The molecule has 12 heteroatoms. The first kappa shape index (κ1) is 22.4. The number of morpholine rings is 1. The van der Waals surface area contributed by atoms with Crippen molar-refractivity contribution in [2.75, 3.05) is 43.1 Å². The Morgan fingerprint density at radius 2 is 2.07 bits per heavy atom. The highest BCUT2D eigenvalue weighted by Crippen LogP contribution is 2.38. The number of hydrogen-bond acceptors (Lipinski definition) is 5. The van der Waals surface area contributed by atoms with Crippen LogP contribution in [0, 0.1) is 0 Å². The molecule has 0 saturated carbocycles. The van der Waals surface area contributed by atoms with Crippen molar-refractivity contribution in [2.45, 2.75) is 19.1 Å². The van der Waals surface area contributed by atoms with Crippen molar-refractivity contribution in [3.63, 3.8) is 0 Å². The maximum atomic E-state index is 13.6. The van der Waals surface area contributed by atoms with Crippen LogP contribution >= 0.6 is 0 Å². The predicted molar refractivity (Wildman–Crippen MR) is 98.3 cm³/mol. The minimum absolute atomic E-state index is 0.0146. The SMILES string of the molecule is CCNC(=O)N[C@@H](CN)C(=O)Nc1ccc(N2CCOCC2=O)c(C(F)(F)F)c1. The number of ether oxygens (including phenoxy) is 1. The fourth-order valence-corrected chi connectivity index (χ4v) is 2.68. The number of rotatable bonds is 6. The summed E-state index contributed by atoms with van der Waals surface area (Å²) in [6, 6.07) is 1.31. The third kappa shape index (κ3) is 5.81. The molecule has 1 aromatic rings. The monoisotopic (exact) mass is 417 g/mol. The minimum atomic E-state index is -4.76. The summed E-state index contributed by atoms with van der Waals surface area (Å²) in [4.78, 5) is 36.8. The van der Waals surface area contributed by atoms with Gasteiger partial charge in [0.15, 0.2) is 0 Å². The standard InChI is InChI=1S/C17H22F3N5O4/c1-2-22-16(28)24-12(8-21)15(27)23-10-3-4-13(11(7-10)17(18,19)20)25-5-6-29-9-14(25)26/h3-4,7,12H,2,5-6,8-9,21H2,1H3,(H,23,27)(H2,22,24,28)/t12-/m0/s1. The summed E-state index contributed by atoms with van der Waals surface area (Å²) in [5.74, 6) is -1.37. The van der Waals surface area contributed by atoms with E-state index in [1.165, 1.54) is 6.07 Å². The lowest BCUT2D eigenvalue weighted by Crippen LogP contribution is -2.51. The van der Waals surface area contributed by atoms with Gasteiger partial charge in [-0.25, -0.2) is 4.79 Å². The average Bonchev–Trinajstić information content (AvgIpc) is 2.66. The summed E-state index contributed by atoms with van der Waals surface area (Å²) in [7, 11) is 0. The molecule has 2 rings (SSSR count). The van der Waals surface area contributed by atoms with Crippen LogP contribution in [0.4, 0.5) is 29.3 Å². The highest BCUT2D eigenvalue weighted by molar-refractivity contribution is 5.99. The van der Waals surface area contributed by atoms with E-state index in [9.17, 15) is 27.6 Å². The molecule has 1 aliphatic rings. The van der Waals surface area contributed by atoms with Crippen LogP contribution in [0.5, 0.6) is 0 Å². The second kappa shape index (κ2) is 9.56. The first-order valence-corrected chi connectivity index (χ1v) is 8.82. The second-order valence-corrected chi connectivity index (χ2v) is 6.11. The molecule has 1 heterocycles. The molecule has 0 aromatic heterocycles. The van der Waals surface area contributed by atoms with Crippen LogP contribution in [-0.2, 0) is 20.5 Å². The van der Waals surface area contributed by atoms with E-state index in [-0.39, 0.29) is 37.7 Å². The summed E-state index contributed by atoms with van der Waals surface area (Å²) in [5.41, 5.74) is 3.92.